The number of nitrogens with one attached hydrogen (secondary N) is 1. The minimum Gasteiger partial charge on any atom is -0.305 e. The predicted octanol–water partition coefficient (Wildman–Crippen LogP) is 5.35. The van der Waals surface area contributed by atoms with Gasteiger partial charge >= 0.3 is 0 Å². The summed E-state index contributed by atoms with van der Waals surface area (Å²) in [5.74, 6) is 0. The Labute approximate surface area is 138 Å². The SMILES string of the molecule is C=CC1N[C@@H]1C.Cc1cccc(-c2ccc3ccccc3c2)c1. The third-order valence-electron chi connectivity index (χ3n) is 4.24. The maximum Gasteiger partial charge on any atom is 0.0402 e. The number of fused-ring (bicyclic) bond motifs is 1. The van der Waals surface area contributed by atoms with E-state index in [-0.39, 0.29) is 0 Å². The van der Waals surface area contributed by atoms with Crippen LogP contribution in [0.15, 0.2) is 79.4 Å². The van der Waals surface area contributed by atoms with Crippen molar-refractivity contribution in [2.24, 2.45) is 0 Å². The molecule has 23 heavy (non-hydrogen) atoms. The van der Waals surface area contributed by atoms with Gasteiger partial charge in [-0.1, -0.05) is 72.3 Å². The first-order valence-electron chi connectivity index (χ1n) is 8.12. The summed E-state index contributed by atoms with van der Waals surface area (Å²) in [6.07, 6.45) is 1.94. The zero-order valence-corrected chi connectivity index (χ0v) is 13.8. The van der Waals surface area contributed by atoms with Crippen molar-refractivity contribution in [2.45, 2.75) is 25.9 Å². The van der Waals surface area contributed by atoms with Crippen LogP contribution in [0.5, 0.6) is 0 Å². The normalized spacial score (nSPS) is 18.9. The van der Waals surface area contributed by atoms with E-state index in [9.17, 15) is 0 Å². The van der Waals surface area contributed by atoms with Crippen LogP contribution in [-0.2, 0) is 0 Å². The van der Waals surface area contributed by atoms with Crippen molar-refractivity contribution in [1.29, 1.82) is 0 Å². The molecule has 1 heterocycles. The highest BCUT2D eigenvalue weighted by molar-refractivity contribution is 5.87. The van der Waals surface area contributed by atoms with Crippen molar-refractivity contribution in [2.75, 3.05) is 0 Å². The van der Waals surface area contributed by atoms with Crippen molar-refractivity contribution in [3.8, 4) is 11.1 Å². The van der Waals surface area contributed by atoms with Crippen LogP contribution in [0, 0.1) is 6.92 Å². The van der Waals surface area contributed by atoms with Gasteiger partial charge < -0.3 is 5.32 Å². The van der Waals surface area contributed by atoms with Crippen molar-refractivity contribution < 1.29 is 0 Å². The van der Waals surface area contributed by atoms with Crippen LogP contribution in [0.4, 0.5) is 0 Å². The van der Waals surface area contributed by atoms with Gasteiger partial charge in [0.1, 0.15) is 0 Å². The van der Waals surface area contributed by atoms with Crippen molar-refractivity contribution >= 4 is 10.8 Å². The van der Waals surface area contributed by atoms with Crippen molar-refractivity contribution in [3.05, 3.63) is 84.9 Å². The molecule has 0 aromatic heterocycles. The predicted molar refractivity (Wildman–Crippen MR) is 101 cm³/mol. The molecule has 0 aliphatic carbocycles. The van der Waals surface area contributed by atoms with E-state index in [1.165, 1.54) is 27.5 Å². The van der Waals surface area contributed by atoms with E-state index < -0.39 is 0 Å². The van der Waals surface area contributed by atoms with Gasteiger partial charge in [0.15, 0.2) is 0 Å². The molecule has 1 nitrogen and oxygen atoms in total. The highest BCUT2D eigenvalue weighted by Crippen LogP contribution is 2.24. The lowest BCUT2D eigenvalue weighted by molar-refractivity contribution is 1.08. The van der Waals surface area contributed by atoms with E-state index in [0.717, 1.165) is 0 Å². The van der Waals surface area contributed by atoms with Gasteiger partial charge in [-0.3, -0.25) is 0 Å². The van der Waals surface area contributed by atoms with E-state index in [1.54, 1.807) is 0 Å². The average Bonchev–Trinajstić information content (AvgIpc) is 3.31. The highest BCUT2D eigenvalue weighted by atomic mass is 15.1. The first kappa shape index (κ1) is 15.5. The zero-order valence-electron chi connectivity index (χ0n) is 13.8. The molecule has 116 valence electrons. The molecule has 1 aliphatic heterocycles. The maximum absolute atomic E-state index is 3.61. The Morgan fingerprint density at radius 3 is 2.17 bits per heavy atom. The second kappa shape index (κ2) is 6.80. The summed E-state index contributed by atoms with van der Waals surface area (Å²) in [5, 5.41) is 5.76. The zero-order chi connectivity index (χ0) is 16.2. The fourth-order valence-corrected chi connectivity index (χ4v) is 2.71. The monoisotopic (exact) mass is 301 g/mol. The van der Waals surface area contributed by atoms with Gasteiger partial charge in [-0.05, 0) is 41.8 Å². The molecule has 1 fully saturated rings. The molecule has 0 spiro atoms. The molecule has 1 N–H and O–H groups in total. The smallest absolute Gasteiger partial charge is 0.0402 e. The Hall–Kier alpha value is -2.38. The highest BCUT2D eigenvalue weighted by Gasteiger charge is 2.26. The van der Waals surface area contributed by atoms with E-state index in [0.29, 0.717) is 12.1 Å². The summed E-state index contributed by atoms with van der Waals surface area (Å²) in [6.45, 7) is 7.89. The Morgan fingerprint density at radius 1 is 0.870 bits per heavy atom. The van der Waals surface area contributed by atoms with Gasteiger partial charge in [0.05, 0.1) is 0 Å². The standard InChI is InChI=1S/C17H14.C5H9N/c1-13-5-4-8-15(11-13)17-10-9-14-6-2-3-7-16(14)12-17;1-3-5-4(2)6-5/h2-12H,1H3;3-6H,1H2,2H3/t;4-,5?/m.1/s1. The molecule has 0 saturated carbocycles. The summed E-state index contributed by atoms with van der Waals surface area (Å²) in [7, 11) is 0. The third kappa shape index (κ3) is 3.88. The second-order valence-electron chi connectivity index (χ2n) is 6.15. The molecule has 4 rings (SSSR count). The number of benzene rings is 3. The molecule has 1 heteroatoms. The van der Waals surface area contributed by atoms with Gasteiger partial charge in [-0.2, -0.15) is 0 Å². The molecule has 1 aliphatic rings. The van der Waals surface area contributed by atoms with Gasteiger partial charge in [0.2, 0.25) is 0 Å². The summed E-state index contributed by atoms with van der Waals surface area (Å²) in [5.41, 5.74) is 3.87. The fraction of sp³-hybridized carbons (Fsp3) is 0.182. The van der Waals surface area contributed by atoms with Gasteiger partial charge in [0, 0.05) is 12.1 Å². The van der Waals surface area contributed by atoms with E-state index in [2.05, 4.69) is 92.5 Å². The molecule has 0 bridgehead atoms. The first-order chi connectivity index (χ1) is 11.2. The quantitative estimate of drug-likeness (QED) is 0.500. The summed E-state index contributed by atoms with van der Waals surface area (Å²) in [4.78, 5) is 0. The molecule has 3 aromatic rings. The van der Waals surface area contributed by atoms with E-state index >= 15 is 0 Å². The van der Waals surface area contributed by atoms with Crippen LogP contribution in [-0.4, -0.2) is 12.1 Å². The largest absolute Gasteiger partial charge is 0.305 e. The van der Waals surface area contributed by atoms with Gasteiger partial charge in [-0.25, -0.2) is 0 Å². The Kier molecular flexibility index (Phi) is 4.59. The van der Waals surface area contributed by atoms with Crippen molar-refractivity contribution in [3.63, 3.8) is 0 Å². The van der Waals surface area contributed by atoms with Crippen LogP contribution >= 0.6 is 0 Å². The molecule has 3 aromatic carbocycles. The lowest BCUT2D eigenvalue weighted by Crippen LogP contribution is -1.80. The number of aryl methyl sites for hydroxylation is 1. The molecule has 1 unspecified atom stereocenters. The number of hydrogen-bond acceptors (Lipinski definition) is 1. The lowest BCUT2D eigenvalue weighted by atomic mass is 10.0. The Bertz CT molecular complexity index is 819. The first-order valence-corrected chi connectivity index (χ1v) is 8.12. The molecule has 1 saturated heterocycles. The molecule has 0 radical (unpaired) electrons. The average molecular weight is 301 g/mol. The number of hydrogen-bond donors (Lipinski definition) is 1. The number of rotatable bonds is 2. The molecule has 2 atom stereocenters. The van der Waals surface area contributed by atoms with Crippen LogP contribution in [0.1, 0.15) is 12.5 Å². The third-order valence-corrected chi connectivity index (χ3v) is 4.24. The van der Waals surface area contributed by atoms with Gasteiger partial charge in [-0.15, -0.1) is 6.58 Å². The van der Waals surface area contributed by atoms with Crippen LogP contribution in [0.25, 0.3) is 21.9 Å². The lowest BCUT2D eigenvalue weighted by Gasteiger charge is -2.05. The second-order valence-corrected chi connectivity index (χ2v) is 6.15. The minimum atomic E-state index is 0.616. The Morgan fingerprint density at radius 2 is 1.57 bits per heavy atom. The summed E-state index contributed by atoms with van der Waals surface area (Å²) < 4.78 is 0. The molecular formula is C22H23N. The van der Waals surface area contributed by atoms with Crippen LogP contribution in [0.2, 0.25) is 0 Å². The molecule has 0 amide bonds. The van der Waals surface area contributed by atoms with Crippen LogP contribution in [0.3, 0.4) is 0 Å². The van der Waals surface area contributed by atoms with Crippen molar-refractivity contribution in [1.82, 2.24) is 5.32 Å². The molecular weight excluding hydrogens is 278 g/mol. The van der Waals surface area contributed by atoms with Gasteiger partial charge in [0.25, 0.3) is 0 Å². The van der Waals surface area contributed by atoms with E-state index in [1.807, 2.05) is 6.08 Å². The van der Waals surface area contributed by atoms with Crippen LogP contribution < -0.4 is 5.32 Å². The summed E-state index contributed by atoms with van der Waals surface area (Å²) in [6, 6.07) is 25.0. The summed E-state index contributed by atoms with van der Waals surface area (Å²) >= 11 is 0. The fourth-order valence-electron chi connectivity index (χ4n) is 2.71. The van der Waals surface area contributed by atoms with E-state index in [4.69, 9.17) is 0 Å². The maximum atomic E-state index is 3.61. The Balaban J connectivity index is 0.000000220. The topological polar surface area (TPSA) is 21.9 Å². The minimum absolute atomic E-state index is 0.616.